The van der Waals surface area contributed by atoms with Crippen molar-refractivity contribution in [2.24, 2.45) is 0 Å². The lowest BCUT2D eigenvalue weighted by molar-refractivity contribution is -0.0704. The molecular weight excluding hydrogens is 244 g/mol. The van der Waals surface area contributed by atoms with E-state index in [1.807, 2.05) is 23.6 Å². The first-order chi connectivity index (χ1) is 8.74. The van der Waals surface area contributed by atoms with Crippen LogP contribution in [0.25, 0.3) is 10.1 Å². The van der Waals surface area contributed by atoms with Crippen LogP contribution in [-0.2, 0) is 4.74 Å². The third kappa shape index (κ3) is 1.88. The van der Waals surface area contributed by atoms with Crippen LogP contribution in [0.4, 0.5) is 0 Å². The molecule has 1 aliphatic carbocycles. The minimum atomic E-state index is -0.180. The number of thiophene rings is 1. The molecule has 2 nitrogen and oxygen atoms in total. The minimum absolute atomic E-state index is 0.180. The van der Waals surface area contributed by atoms with E-state index >= 15 is 0 Å². The van der Waals surface area contributed by atoms with Crippen molar-refractivity contribution in [3.63, 3.8) is 0 Å². The smallest absolute Gasteiger partial charge is 0.167 e. The Kier molecular flexibility index (Phi) is 2.96. The van der Waals surface area contributed by atoms with Gasteiger partial charge >= 0.3 is 0 Å². The number of carbonyl (C=O) groups is 1. The lowest BCUT2D eigenvalue weighted by atomic mass is 9.76. The summed E-state index contributed by atoms with van der Waals surface area (Å²) in [6, 6.07) is 8.09. The zero-order chi connectivity index (χ0) is 12.6. The summed E-state index contributed by atoms with van der Waals surface area (Å²) < 4.78 is 6.72. The summed E-state index contributed by atoms with van der Waals surface area (Å²) in [6.07, 6.45) is 3.71. The molecule has 1 saturated carbocycles. The normalized spacial score (nSPS) is 17.6. The van der Waals surface area contributed by atoms with Crippen LogP contribution in [0.15, 0.2) is 29.6 Å². The van der Waals surface area contributed by atoms with Gasteiger partial charge in [0.1, 0.15) is 0 Å². The number of benzene rings is 1. The van der Waals surface area contributed by atoms with E-state index in [1.54, 1.807) is 18.4 Å². The molecule has 0 atom stereocenters. The largest absolute Gasteiger partial charge is 0.378 e. The Balaban J connectivity index is 1.88. The van der Waals surface area contributed by atoms with E-state index in [0.717, 1.165) is 23.8 Å². The molecule has 0 bridgehead atoms. The molecule has 3 rings (SSSR count). The van der Waals surface area contributed by atoms with Crippen molar-refractivity contribution in [3.8, 4) is 0 Å². The monoisotopic (exact) mass is 260 g/mol. The number of rotatable bonds is 4. The molecule has 0 radical (unpaired) electrons. The van der Waals surface area contributed by atoms with Gasteiger partial charge in [-0.05, 0) is 25.3 Å². The van der Waals surface area contributed by atoms with Gasteiger partial charge in [-0.3, -0.25) is 4.79 Å². The molecule has 0 spiro atoms. The number of fused-ring (bicyclic) bond motifs is 1. The summed E-state index contributed by atoms with van der Waals surface area (Å²) in [5, 5.41) is 3.06. The lowest BCUT2D eigenvalue weighted by Crippen LogP contribution is -2.41. The number of ketones is 1. The number of hydrogen-bond acceptors (Lipinski definition) is 3. The Hall–Kier alpha value is -1.19. The summed E-state index contributed by atoms with van der Waals surface area (Å²) in [6.45, 7) is 0. The maximum Gasteiger partial charge on any atom is 0.167 e. The number of Topliss-reactive ketones (excluding diaryl/α,β-unsaturated/α-hetero) is 1. The lowest BCUT2D eigenvalue weighted by Gasteiger charge is -2.40. The van der Waals surface area contributed by atoms with Crippen LogP contribution >= 0.6 is 11.3 Å². The number of ether oxygens (including phenoxy) is 1. The zero-order valence-corrected chi connectivity index (χ0v) is 11.3. The molecule has 1 aromatic carbocycles. The summed E-state index contributed by atoms with van der Waals surface area (Å²) >= 11 is 1.64. The molecule has 1 aliphatic rings. The first-order valence-corrected chi connectivity index (χ1v) is 7.17. The predicted molar refractivity (Wildman–Crippen MR) is 74.4 cm³/mol. The van der Waals surface area contributed by atoms with Crippen molar-refractivity contribution < 1.29 is 9.53 Å². The van der Waals surface area contributed by atoms with Crippen LogP contribution in [-0.4, -0.2) is 18.5 Å². The fourth-order valence-corrected chi connectivity index (χ4v) is 3.57. The highest BCUT2D eigenvalue weighted by molar-refractivity contribution is 7.17. The van der Waals surface area contributed by atoms with E-state index in [1.165, 1.54) is 11.1 Å². The molecule has 0 unspecified atom stereocenters. The molecule has 1 fully saturated rings. The summed E-state index contributed by atoms with van der Waals surface area (Å²) in [5.41, 5.74) is 0.680. The highest BCUT2D eigenvalue weighted by Crippen LogP contribution is 2.39. The van der Waals surface area contributed by atoms with Gasteiger partial charge in [0.2, 0.25) is 0 Å². The quantitative estimate of drug-likeness (QED) is 0.775. The average Bonchev–Trinajstić information content (AvgIpc) is 2.77. The molecule has 0 saturated heterocycles. The summed E-state index contributed by atoms with van der Waals surface area (Å²) in [4.78, 5) is 12.4. The Labute approximate surface area is 111 Å². The maximum atomic E-state index is 12.4. The molecule has 2 aromatic rings. The van der Waals surface area contributed by atoms with Crippen LogP contribution in [0.2, 0.25) is 0 Å². The molecule has 18 heavy (non-hydrogen) atoms. The van der Waals surface area contributed by atoms with E-state index in [0.29, 0.717) is 6.42 Å². The SMILES string of the molecule is COC1(CC(=O)c2csc3ccccc23)CCC1. The van der Waals surface area contributed by atoms with Crippen molar-refractivity contribution in [2.75, 3.05) is 7.11 Å². The second kappa shape index (κ2) is 4.48. The highest BCUT2D eigenvalue weighted by atomic mass is 32.1. The van der Waals surface area contributed by atoms with Gasteiger partial charge in [0.05, 0.1) is 5.60 Å². The fraction of sp³-hybridized carbons (Fsp3) is 0.400. The van der Waals surface area contributed by atoms with Gasteiger partial charge in [0.25, 0.3) is 0 Å². The van der Waals surface area contributed by atoms with Gasteiger partial charge in [-0.2, -0.15) is 0 Å². The molecule has 0 N–H and O–H groups in total. The van der Waals surface area contributed by atoms with Gasteiger partial charge < -0.3 is 4.74 Å². The molecule has 1 aromatic heterocycles. The molecule has 94 valence electrons. The Morgan fingerprint density at radius 1 is 1.39 bits per heavy atom. The topological polar surface area (TPSA) is 26.3 Å². The predicted octanol–water partition coefficient (Wildman–Crippen LogP) is 4.04. The second-order valence-electron chi connectivity index (χ2n) is 4.99. The minimum Gasteiger partial charge on any atom is -0.378 e. The summed E-state index contributed by atoms with van der Waals surface area (Å²) in [7, 11) is 1.72. The second-order valence-corrected chi connectivity index (χ2v) is 5.90. The van der Waals surface area contributed by atoms with E-state index in [-0.39, 0.29) is 11.4 Å². The van der Waals surface area contributed by atoms with Crippen molar-refractivity contribution >= 4 is 27.2 Å². The first-order valence-electron chi connectivity index (χ1n) is 6.29. The van der Waals surface area contributed by atoms with Gasteiger partial charge in [0, 0.05) is 34.6 Å². The van der Waals surface area contributed by atoms with E-state index in [4.69, 9.17) is 4.74 Å². The van der Waals surface area contributed by atoms with Gasteiger partial charge in [-0.15, -0.1) is 11.3 Å². The van der Waals surface area contributed by atoms with E-state index < -0.39 is 0 Å². The van der Waals surface area contributed by atoms with Crippen LogP contribution in [0.1, 0.15) is 36.0 Å². The van der Waals surface area contributed by atoms with Crippen molar-refractivity contribution in [2.45, 2.75) is 31.3 Å². The highest BCUT2D eigenvalue weighted by Gasteiger charge is 2.39. The average molecular weight is 260 g/mol. The Morgan fingerprint density at radius 2 is 2.17 bits per heavy atom. The first kappa shape index (κ1) is 11.9. The zero-order valence-electron chi connectivity index (χ0n) is 10.4. The van der Waals surface area contributed by atoms with Crippen LogP contribution in [0.3, 0.4) is 0 Å². The maximum absolute atomic E-state index is 12.4. The molecule has 0 amide bonds. The van der Waals surface area contributed by atoms with Crippen molar-refractivity contribution in [1.29, 1.82) is 0 Å². The van der Waals surface area contributed by atoms with Crippen LogP contribution < -0.4 is 0 Å². The summed E-state index contributed by atoms with van der Waals surface area (Å²) in [5.74, 6) is 0.217. The third-order valence-electron chi connectivity index (χ3n) is 3.96. The standard InChI is InChI=1S/C15H16O2S/c1-17-15(7-4-8-15)9-13(16)12-10-18-14-6-3-2-5-11(12)14/h2-3,5-6,10H,4,7-9H2,1H3. The van der Waals surface area contributed by atoms with Gasteiger partial charge in [-0.1, -0.05) is 18.2 Å². The van der Waals surface area contributed by atoms with E-state index in [9.17, 15) is 4.79 Å². The van der Waals surface area contributed by atoms with Crippen LogP contribution in [0, 0.1) is 0 Å². The van der Waals surface area contributed by atoms with Crippen molar-refractivity contribution in [3.05, 3.63) is 35.2 Å². The fourth-order valence-electron chi connectivity index (χ4n) is 2.61. The van der Waals surface area contributed by atoms with E-state index in [2.05, 4.69) is 6.07 Å². The number of hydrogen-bond donors (Lipinski definition) is 0. The third-order valence-corrected chi connectivity index (χ3v) is 4.93. The number of methoxy groups -OCH3 is 1. The molecule has 3 heteroatoms. The van der Waals surface area contributed by atoms with Gasteiger partial charge in [0.15, 0.2) is 5.78 Å². The van der Waals surface area contributed by atoms with Gasteiger partial charge in [-0.25, -0.2) is 0 Å². The molecule has 1 heterocycles. The molecular formula is C15H16O2S. The molecule has 0 aliphatic heterocycles. The van der Waals surface area contributed by atoms with Crippen LogP contribution in [0.5, 0.6) is 0 Å². The Morgan fingerprint density at radius 3 is 2.83 bits per heavy atom. The Bertz CT molecular complexity index is 575. The van der Waals surface area contributed by atoms with Crippen molar-refractivity contribution in [1.82, 2.24) is 0 Å². The number of carbonyl (C=O) groups excluding carboxylic acids is 1.